The molecule has 98 valence electrons. The van der Waals surface area contributed by atoms with Crippen LogP contribution in [0.15, 0.2) is 65.8 Å². The van der Waals surface area contributed by atoms with Crippen molar-refractivity contribution in [3.8, 4) is 0 Å². The first kappa shape index (κ1) is 12.4. The fraction of sp³-hybridized carbons (Fsp3) is 0.0588. The molecule has 0 aromatic heterocycles. The van der Waals surface area contributed by atoms with E-state index < -0.39 is 0 Å². The lowest BCUT2D eigenvalue weighted by Gasteiger charge is -2.27. The molecule has 0 N–H and O–H groups in total. The predicted octanol–water partition coefficient (Wildman–Crippen LogP) is 3.57. The summed E-state index contributed by atoms with van der Waals surface area (Å²) in [7, 11) is 0. The predicted molar refractivity (Wildman–Crippen MR) is 80.7 cm³/mol. The van der Waals surface area contributed by atoms with E-state index in [9.17, 15) is 4.79 Å². The summed E-state index contributed by atoms with van der Waals surface area (Å²) < 4.78 is 0. The Bertz CT molecular complexity index is 662. The second kappa shape index (κ2) is 5.53. The molecule has 0 saturated heterocycles. The monoisotopic (exact) mass is 262 g/mol. The number of nitrogens with zero attached hydrogens (tertiary/aromatic N) is 2. The lowest BCUT2D eigenvalue weighted by atomic mass is 10.0. The number of para-hydroxylation sites is 1. The number of carbonyl (C=O) groups is 1. The first-order valence-corrected chi connectivity index (χ1v) is 6.47. The molecule has 3 nitrogen and oxygen atoms in total. The van der Waals surface area contributed by atoms with Crippen molar-refractivity contribution in [3.05, 3.63) is 71.9 Å². The molecule has 20 heavy (non-hydrogen) atoms. The molecule has 0 amide bonds. The van der Waals surface area contributed by atoms with Crippen LogP contribution in [-0.4, -0.2) is 17.5 Å². The lowest BCUT2D eigenvalue weighted by Crippen LogP contribution is -2.25. The minimum absolute atomic E-state index is 0.316. The second-order valence-electron chi connectivity index (χ2n) is 4.56. The van der Waals surface area contributed by atoms with Crippen LogP contribution in [0, 0.1) is 0 Å². The minimum atomic E-state index is -0.316. The van der Waals surface area contributed by atoms with E-state index in [0.717, 1.165) is 23.1 Å². The molecule has 0 spiro atoms. The van der Waals surface area contributed by atoms with Gasteiger partial charge >= 0.3 is 0 Å². The van der Waals surface area contributed by atoms with Crippen molar-refractivity contribution in [1.82, 2.24) is 4.90 Å². The fourth-order valence-electron chi connectivity index (χ4n) is 2.23. The highest BCUT2D eigenvalue weighted by Gasteiger charge is 2.21. The molecular formula is C17H14N2O. The van der Waals surface area contributed by atoms with Gasteiger partial charge in [-0.3, -0.25) is 0 Å². The SMILES string of the molecule is O=CC1c2ccccc2N=CN1C=Cc1ccccc1. The van der Waals surface area contributed by atoms with E-state index in [1.54, 1.807) is 6.34 Å². The third kappa shape index (κ3) is 2.38. The second-order valence-corrected chi connectivity index (χ2v) is 4.56. The third-order valence-corrected chi connectivity index (χ3v) is 3.27. The van der Waals surface area contributed by atoms with Crippen molar-refractivity contribution < 1.29 is 4.79 Å². The molecule has 1 unspecified atom stereocenters. The molecule has 2 aromatic carbocycles. The van der Waals surface area contributed by atoms with Gasteiger partial charge in [0.1, 0.15) is 12.3 Å². The topological polar surface area (TPSA) is 32.7 Å². The van der Waals surface area contributed by atoms with Crippen LogP contribution in [-0.2, 0) is 4.79 Å². The molecule has 1 heterocycles. The molecule has 1 aliphatic rings. The van der Waals surface area contributed by atoms with Crippen LogP contribution in [0.3, 0.4) is 0 Å². The van der Waals surface area contributed by atoms with E-state index in [-0.39, 0.29) is 6.04 Å². The van der Waals surface area contributed by atoms with E-state index in [0.29, 0.717) is 0 Å². The van der Waals surface area contributed by atoms with Crippen molar-refractivity contribution in [2.45, 2.75) is 6.04 Å². The van der Waals surface area contributed by atoms with Crippen LogP contribution < -0.4 is 0 Å². The highest BCUT2D eigenvalue weighted by atomic mass is 16.1. The highest BCUT2D eigenvalue weighted by Crippen LogP contribution is 2.31. The molecule has 0 fully saturated rings. The van der Waals surface area contributed by atoms with Gasteiger partial charge in [0.2, 0.25) is 0 Å². The van der Waals surface area contributed by atoms with Crippen LogP contribution in [0.25, 0.3) is 6.08 Å². The first-order valence-electron chi connectivity index (χ1n) is 6.47. The zero-order valence-corrected chi connectivity index (χ0v) is 10.9. The largest absolute Gasteiger partial charge is 0.325 e. The van der Waals surface area contributed by atoms with Crippen molar-refractivity contribution >= 4 is 24.4 Å². The first-order chi connectivity index (χ1) is 9.88. The molecule has 0 saturated carbocycles. The Balaban J connectivity index is 1.89. The van der Waals surface area contributed by atoms with Crippen LogP contribution in [0.4, 0.5) is 5.69 Å². The van der Waals surface area contributed by atoms with Gasteiger partial charge in [0.25, 0.3) is 0 Å². The number of carbonyl (C=O) groups excluding carboxylic acids is 1. The van der Waals surface area contributed by atoms with E-state index in [2.05, 4.69) is 4.99 Å². The lowest BCUT2D eigenvalue weighted by molar-refractivity contribution is -0.110. The van der Waals surface area contributed by atoms with Crippen LogP contribution >= 0.6 is 0 Å². The third-order valence-electron chi connectivity index (χ3n) is 3.27. The van der Waals surface area contributed by atoms with Crippen LogP contribution in [0.5, 0.6) is 0 Å². The highest BCUT2D eigenvalue weighted by molar-refractivity contribution is 5.79. The van der Waals surface area contributed by atoms with E-state index in [1.807, 2.05) is 71.8 Å². The maximum absolute atomic E-state index is 11.4. The average Bonchev–Trinajstić information content (AvgIpc) is 2.53. The maximum atomic E-state index is 11.4. The molecule has 2 aromatic rings. The number of fused-ring (bicyclic) bond motifs is 1. The van der Waals surface area contributed by atoms with Gasteiger partial charge in [0.15, 0.2) is 0 Å². The summed E-state index contributed by atoms with van der Waals surface area (Å²) in [6, 6.07) is 17.4. The van der Waals surface area contributed by atoms with Gasteiger partial charge in [-0.1, -0.05) is 48.5 Å². The van der Waals surface area contributed by atoms with Crippen LogP contribution in [0.2, 0.25) is 0 Å². The summed E-state index contributed by atoms with van der Waals surface area (Å²) in [4.78, 5) is 17.6. The zero-order valence-electron chi connectivity index (χ0n) is 10.9. The summed E-state index contributed by atoms with van der Waals surface area (Å²) >= 11 is 0. The van der Waals surface area contributed by atoms with Gasteiger partial charge in [-0.25, -0.2) is 4.99 Å². The van der Waals surface area contributed by atoms with Gasteiger partial charge in [-0.05, 0) is 17.7 Å². The summed E-state index contributed by atoms with van der Waals surface area (Å²) in [5, 5.41) is 0. The Morgan fingerprint density at radius 1 is 1.00 bits per heavy atom. The Morgan fingerprint density at radius 3 is 2.55 bits per heavy atom. The minimum Gasteiger partial charge on any atom is -0.325 e. The van der Waals surface area contributed by atoms with Crippen molar-refractivity contribution in [2.24, 2.45) is 4.99 Å². The summed E-state index contributed by atoms with van der Waals surface area (Å²) in [6.07, 6.45) is 6.49. The maximum Gasteiger partial charge on any atom is 0.147 e. The number of hydrogen-bond donors (Lipinski definition) is 0. The number of aliphatic imine (C=N–C) groups is 1. The summed E-state index contributed by atoms with van der Waals surface area (Å²) in [6.45, 7) is 0. The number of hydrogen-bond acceptors (Lipinski definition) is 3. The molecule has 3 heteroatoms. The van der Waals surface area contributed by atoms with Gasteiger partial charge in [0, 0.05) is 11.8 Å². The summed E-state index contributed by atoms with van der Waals surface area (Å²) in [5.41, 5.74) is 2.88. The van der Waals surface area contributed by atoms with Crippen molar-refractivity contribution in [2.75, 3.05) is 0 Å². The Hall–Kier alpha value is -2.68. The molecule has 3 rings (SSSR count). The normalized spacial score (nSPS) is 17.2. The molecule has 1 atom stereocenters. The Kier molecular flexibility index (Phi) is 3.42. The number of rotatable bonds is 3. The number of aldehydes is 1. The van der Waals surface area contributed by atoms with Crippen molar-refractivity contribution in [1.29, 1.82) is 0 Å². The standard InChI is InChI=1S/C17H14N2O/c20-12-17-15-8-4-5-9-16(15)18-13-19(17)11-10-14-6-2-1-3-7-14/h1-13,17H. The number of benzene rings is 2. The molecule has 0 bridgehead atoms. The molecule has 0 radical (unpaired) electrons. The molecule has 1 aliphatic heterocycles. The average molecular weight is 262 g/mol. The quantitative estimate of drug-likeness (QED) is 0.792. The summed E-state index contributed by atoms with van der Waals surface area (Å²) in [5.74, 6) is 0. The van der Waals surface area contributed by atoms with Gasteiger partial charge in [-0.2, -0.15) is 0 Å². The smallest absolute Gasteiger partial charge is 0.147 e. The van der Waals surface area contributed by atoms with Gasteiger partial charge < -0.3 is 9.69 Å². The van der Waals surface area contributed by atoms with E-state index in [1.165, 1.54) is 0 Å². The van der Waals surface area contributed by atoms with E-state index >= 15 is 0 Å². The Morgan fingerprint density at radius 2 is 1.75 bits per heavy atom. The van der Waals surface area contributed by atoms with Crippen LogP contribution in [0.1, 0.15) is 17.2 Å². The fourth-order valence-corrected chi connectivity index (χ4v) is 2.23. The van der Waals surface area contributed by atoms with Gasteiger partial charge in [0.05, 0.1) is 12.0 Å². The molecule has 0 aliphatic carbocycles. The van der Waals surface area contributed by atoms with Gasteiger partial charge in [-0.15, -0.1) is 0 Å². The van der Waals surface area contributed by atoms with Crippen molar-refractivity contribution in [3.63, 3.8) is 0 Å². The Labute approximate surface area is 117 Å². The van der Waals surface area contributed by atoms with E-state index in [4.69, 9.17) is 0 Å². The zero-order chi connectivity index (χ0) is 13.8. The molecular weight excluding hydrogens is 248 g/mol.